The molecule has 0 saturated carbocycles. The van der Waals surface area contributed by atoms with Gasteiger partial charge in [-0.2, -0.15) is 0 Å². The highest BCUT2D eigenvalue weighted by atomic mass is 16.5. The lowest BCUT2D eigenvalue weighted by molar-refractivity contribution is 0.251. The predicted octanol–water partition coefficient (Wildman–Crippen LogP) is 4.84. The number of carbonyl (C=O) groups excluding carboxylic acids is 1. The van der Waals surface area contributed by atoms with Gasteiger partial charge in [0.2, 0.25) is 0 Å². The third-order valence-corrected chi connectivity index (χ3v) is 4.19. The first kappa shape index (κ1) is 21.4. The van der Waals surface area contributed by atoms with Gasteiger partial charge in [-0.25, -0.2) is 4.79 Å². The molecule has 2 rings (SSSR count). The van der Waals surface area contributed by atoms with E-state index < -0.39 is 0 Å². The van der Waals surface area contributed by atoms with Crippen molar-refractivity contribution in [1.82, 2.24) is 5.32 Å². The molecule has 28 heavy (non-hydrogen) atoms. The highest BCUT2D eigenvalue weighted by Crippen LogP contribution is 2.30. The van der Waals surface area contributed by atoms with Crippen molar-refractivity contribution in [2.24, 2.45) is 5.92 Å². The highest BCUT2D eigenvalue weighted by molar-refractivity contribution is 5.89. The molecule has 0 aliphatic heterocycles. The number of hydrogen-bond acceptors (Lipinski definition) is 4. The van der Waals surface area contributed by atoms with Crippen LogP contribution in [0.1, 0.15) is 32.3 Å². The molecule has 2 amide bonds. The van der Waals surface area contributed by atoms with Crippen LogP contribution in [-0.4, -0.2) is 26.9 Å². The predicted molar refractivity (Wildman–Crippen MR) is 111 cm³/mol. The van der Waals surface area contributed by atoms with Crippen molar-refractivity contribution in [2.75, 3.05) is 26.1 Å². The SMILES string of the molecule is COc1cccc(CNC(=O)Nc2ccc(OC)c(OCCCC(C)C)c2)c1. The van der Waals surface area contributed by atoms with Gasteiger partial charge in [-0.05, 0) is 48.6 Å². The fourth-order valence-electron chi connectivity index (χ4n) is 2.68. The maximum Gasteiger partial charge on any atom is 0.319 e. The summed E-state index contributed by atoms with van der Waals surface area (Å²) in [6.07, 6.45) is 2.08. The van der Waals surface area contributed by atoms with Crippen LogP contribution in [0.4, 0.5) is 10.5 Å². The van der Waals surface area contributed by atoms with E-state index in [1.54, 1.807) is 32.4 Å². The number of carbonyl (C=O) groups is 1. The van der Waals surface area contributed by atoms with Crippen molar-refractivity contribution in [3.8, 4) is 17.2 Å². The Morgan fingerprint density at radius 2 is 1.86 bits per heavy atom. The lowest BCUT2D eigenvalue weighted by Crippen LogP contribution is -2.28. The van der Waals surface area contributed by atoms with Crippen LogP contribution in [0, 0.1) is 5.92 Å². The topological polar surface area (TPSA) is 68.8 Å². The first-order chi connectivity index (χ1) is 13.5. The summed E-state index contributed by atoms with van der Waals surface area (Å²) in [5, 5.41) is 5.66. The molecule has 2 N–H and O–H groups in total. The van der Waals surface area contributed by atoms with Gasteiger partial charge in [0.1, 0.15) is 5.75 Å². The molecule has 0 heterocycles. The smallest absolute Gasteiger partial charge is 0.319 e. The summed E-state index contributed by atoms with van der Waals surface area (Å²) in [6.45, 7) is 5.39. The fourth-order valence-corrected chi connectivity index (χ4v) is 2.68. The summed E-state index contributed by atoms with van der Waals surface area (Å²) in [4.78, 5) is 12.2. The summed E-state index contributed by atoms with van der Waals surface area (Å²) < 4.78 is 16.4. The summed E-state index contributed by atoms with van der Waals surface area (Å²) in [7, 11) is 3.22. The third-order valence-electron chi connectivity index (χ3n) is 4.19. The van der Waals surface area contributed by atoms with Gasteiger partial charge in [0.25, 0.3) is 0 Å². The maximum atomic E-state index is 12.2. The third kappa shape index (κ3) is 7.02. The van der Waals surface area contributed by atoms with Gasteiger partial charge < -0.3 is 24.8 Å². The molecule has 0 aliphatic carbocycles. The summed E-state index contributed by atoms with van der Waals surface area (Å²) in [6, 6.07) is 12.6. The molecule has 0 saturated heterocycles. The molecule has 0 bridgehead atoms. The van der Waals surface area contributed by atoms with Crippen molar-refractivity contribution in [2.45, 2.75) is 33.2 Å². The lowest BCUT2D eigenvalue weighted by atomic mass is 10.1. The Balaban J connectivity index is 1.91. The molecule has 0 fully saturated rings. The Morgan fingerprint density at radius 1 is 1.04 bits per heavy atom. The maximum absolute atomic E-state index is 12.2. The van der Waals surface area contributed by atoms with Crippen LogP contribution in [0.15, 0.2) is 42.5 Å². The summed E-state index contributed by atoms with van der Waals surface area (Å²) in [5.41, 5.74) is 1.60. The number of nitrogens with one attached hydrogen (secondary N) is 2. The quantitative estimate of drug-likeness (QED) is 0.573. The Hall–Kier alpha value is -2.89. The van der Waals surface area contributed by atoms with Gasteiger partial charge in [-0.15, -0.1) is 0 Å². The highest BCUT2D eigenvalue weighted by Gasteiger charge is 2.09. The average molecular weight is 386 g/mol. The van der Waals surface area contributed by atoms with E-state index in [-0.39, 0.29) is 6.03 Å². The molecule has 0 aliphatic rings. The standard InChI is InChI=1S/C22H30N2O4/c1-16(2)7-6-12-28-21-14-18(10-11-20(21)27-4)24-22(25)23-15-17-8-5-9-19(13-17)26-3/h5,8-11,13-14,16H,6-7,12,15H2,1-4H3,(H2,23,24,25). The van der Waals surface area contributed by atoms with Gasteiger partial charge in [0.05, 0.1) is 20.8 Å². The van der Waals surface area contributed by atoms with Crippen LogP contribution < -0.4 is 24.8 Å². The minimum atomic E-state index is -0.293. The van der Waals surface area contributed by atoms with Gasteiger partial charge in [-0.3, -0.25) is 0 Å². The number of hydrogen-bond donors (Lipinski definition) is 2. The Labute approximate surface area is 167 Å². The van der Waals surface area contributed by atoms with Gasteiger partial charge in [-0.1, -0.05) is 26.0 Å². The molecule has 6 nitrogen and oxygen atoms in total. The number of benzene rings is 2. The molecule has 0 unspecified atom stereocenters. The van der Waals surface area contributed by atoms with Gasteiger partial charge in [0.15, 0.2) is 11.5 Å². The molecular weight excluding hydrogens is 356 g/mol. The normalized spacial score (nSPS) is 10.5. The number of methoxy groups -OCH3 is 2. The van der Waals surface area contributed by atoms with E-state index in [1.807, 2.05) is 24.3 Å². The lowest BCUT2D eigenvalue weighted by Gasteiger charge is -2.14. The second kappa shape index (κ2) is 11.1. The van der Waals surface area contributed by atoms with E-state index in [1.165, 1.54) is 0 Å². The summed E-state index contributed by atoms with van der Waals surface area (Å²) >= 11 is 0. The monoisotopic (exact) mass is 386 g/mol. The van der Waals surface area contributed by atoms with E-state index in [9.17, 15) is 4.79 Å². The number of urea groups is 1. The minimum Gasteiger partial charge on any atom is -0.497 e. The van der Waals surface area contributed by atoms with Crippen LogP contribution in [0.2, 0.25) is 0 Å². The zero-order valence-corrected chi connectivity index (χ0v) is 17.1. The fraction of sp³-hybridized carbons (Fsp3) is 0.409. The van der Waals surface area contributed by atoms with Crippen molar-refractivity contribution in [3.05, 3.63) is 48.0 Å². The van der Waals surface area contributed by atoms with Crippen LogP contribution in [0.25, 0.3) is 0 Å². The summed E-state index contributed by atoms with van der Waals surface area (Å²) in [5.74, 6) is 2.67. The Morgan fingerprint density at radius 3 is 2.57 bits per heavy atom. The largest absolute Gasteiger partial charge is 0.497 e. The molecular formula is C22H30N2O4. The first-order valence-corrected chi connectivity index (χ1v) is 9.50. The van der Waals surface area contributed by atoms with E-state index in [0.29, 0.717) is 36.3 Å². The second-order valence-corrected chi connectivity index (χ2v) is 6.91. The number of ether oxygens (including phenoxy) is 3. The molecule has 152 valence electrons. The van der Waals surface area contributed by atoms with E-state index in [2.05, 4.69) is 24.5 Å². The molecule has 0 aromatic heterocycles. The Bertz CT molecular complexity index is 762. The number of anilines is 1. The molecule has 0 atom stereocenters. The van der Waals surface area contributed by atoms with E-state index in [0.717, 1.165) is 24.2 Å². The van der Waals surface area contributed by atoms with Crippen molar-refractivity contribution < 1.29 is 19.0 Å². The van der Waals surface area contributed by atoms with Crippen LogP contribution in [0.5, 0.6) is 17.2 Å². The first-order valence-electron chi connectivity index (χ1n) is 9.50. The molecule has 0 radical (unpaired) electrons. The van der Waals surface area contributed by atoms with Crippen LogP contribution in [-0.2, 0) is 6.54 Å². The van der Waals surface area contributed by atoms with Crippen molar-refractivity contribution in [3.63, 3.8) is 0 Å². The average Bonchev–Trinajstić information content (AvgIpc) is 2.70. The number of amides is 2. The minimum absolute atomic E-state index is 0.293. The zero-order chi connectivity index (χ0) is 20.4. The molecule has 2 aromatic carbocycles. The van der Waals surface area contributed by atoms with E-state index in [4.69, 9.17) is 14.2 Å². The molecule has 2 aromatic rings. The zero-order valence-electron chi connectivity index (χ0n) is 17.1. The Kier molecular flexibility index (Phi) is 8.46. The number of rotatable bonds is 10. The van der Waals surface area contributed by atoms with Crippen molar-refractivity contribution >= 4 is 11.7 Å². The van der Waals surface area contributed by atoms with Crippen LogP contribution in [0.3, 0.4) is 0 Å². The molecule has 6 heteroatoms. The van der Waals surface area contributed by atoms with Gasteiger partial charge in [0, 0.05) is 18.3 Å². The second-order valence-electron chi connectivity index (χ2n) is 6.91. The van der Waals surface area contributed by atoms with Crippen molar-refractivity contribution in [1.29, 1.82) is 0 Å². The molecule has 0 spiro atoms. The van der Waals surface area contributed by atoms with Crippen LogP contribution >= 0.6 is 0 Å². The van der Waals surface area contributed by atoms with E-state index >= 15 is 0 Å². The van der Waals surface area contributed by atoms with Gasteiger partial charge >= 0.3 is 6.03 Å².